The third-order valence-electron chi connectivity index (χ3n) is 3.16. The number of ether oxygens (including phenoxy) is 1. The number of piperidine rings is 1. The first-order chi connectivity index (χ1) is 8.58. The van der Waals surface area contributed by atoms with Crippen molar-refractivity contribution in [2.75, 3.05) is 19.3 Å². The molecule has 1 aliphatic heterocycles. The summed E-state index contributed by atoms with van der Waals surface area (Å²) in [5.41, 5.74) is -0.577. The van der Waals surface area contributed by atoms with Gasteiger partial charge in [-0.05, 0) is 33.6 Å². The molecule has 0 aliphatic carbocycles. The topological polar surface area (TPSA) is 83.9 Å². The summed E-state index contributed by atoms with van der Waals surface area (Å²) in [6.45, 7) is 5.83. The van der Waals surface area contributed by atoms with Crippen LogP contribution in [0.25, 0.3) is 0 Å². The van der Waals surface area contributed by atoms with Crippen LogP contribution in [0.15, 0.2) is 0 Å². The monoisotopic (exact) mass is 291 g/mol. The number of carbonyl (C=O) groups is 2. The molecule has 1 heterocycles. The van der Waals surface area contributed by atoms with Crippen LogP contribution in [0.3, 0.4) is 0 Å². The zero-order valence-corrected chi connectivity index (χ0v) is 12.6. The fraction of sp³-hybridized carbons (Fsp3) is 0.833. The zero-order chi connectivity index (χ0) is 14.8. The maximum absolute atomic E-state index is 11.8. The normalized spacial score (nSPS) is 20.7. The molecule has 0 aromatic rings. The van der Waals surface area contributed by atoms with E-state index in [9.17, 15) is 18.9 Å². The molecule has 1 N–H and O–H groups in total. The molecule has 0 unspecified atom stereocenters. The quantitative estimate of drug-likeness (QED) is 0.827. The Morgan fingerprint density at radius 3 is 2.05 bits per heavy atom. The third kappa shape index (κ3) is 3.68. The first-order valence-corrected chi connectivity index (χ1v) is 7.69. The van der Waals surface area contributed by atoms with E-state index in [1.54, 1.807) is 20.8 Å². The van der Waals surface area contributed by atoms with Crippen molar-refractivity contribution in [2.45, 2.75) is 44.0 Å². The lowest BCUT2D eigenvalue weighted by Gasteiger charge is -2.37. The second-order valence-corrected chi connectivity index (χ2v) is 7.41. The molecule has 0 bridgehead atoms. The predicted octanol–water partition coefficient (Wildman–Crippen LogP) is 1.22. The van der Waals surface area contributed by atoms with E-state index in [0.717, 1.165) is 0 Å². The molecule has 1 fully saturated rings. The van der Waals surface area contributed by atoms with Gasteiger partial charge < -0.3 is 14.7 Å². The minimum atomic E-state index is -1.47. The molecular formula is C12H21NO5S. The Morgan fingerprint density at radius 2 is 1.74 bits per heavy atom. The van der Waals surface area contributed by atoms with Gasteiger partial charge in [0, 0.05) is 30.1 Å². The molecule has 0 saturated carbocycles. The van der Waals surface area contributed by atoms with Crippen molar-refractivity contribution in [3.05, 3.63) is 0 Å². The summed E-state index contributed by atoms with van der Waals surface area (Å²) in [6, 6.07) is 0. The van der Waals surface area contributed by atoms with Gasteiger partial charge in [-0.2, -0.15) is 0 Å². The molecule has 0 aromatic carbocycles. The molecule has 0 aromatic heterocycles. The highest BCUT2D eigenvalue weighted by molar-refractivity contribution is 7.86. The minimum absolute atomic E-state index is 0.185. The van der Waals surface area contributed by atoms with E-state index in [1.807, 2.05) is 0 Å². The third-order valence-corrected chi connectivity index (χ3v) is 4.85. The lowest BCUT2D eigenvalue weighted by atomic mass is 9.96. The second-order valence-electron chi connectivity index (χ2n) is 5.72. The maximum Gasteiger partial charge on any atom is 0.410 e. The average Bonchev–Trinajstić information content (AvgIpc) is 2.26. The van der Waals surface area contributed by atoms with Gasteiger partial charge in [0.05, 0.1) is 0 Å². The summed E-state index contributed by atoms with van der Waals surface area (Å²) >= 11 is 0. The van der Waals surface area contributed by atoms with Gasteiger partial charge in [0.2, 0.25) is 0 Å². The Labute approximate surface area is 115 Å². The van der Waals surface area contributed by atoms with E-state index < -0.39 is 33.2 Å². The van der Waals surface area contributed by atoms with Crippen LogP contribution in [0.5, 0.6) is 0 Å². The number of likely N-dealkylation sites (tertiary alicyclic amines) is 1. The molecule has 0 radical (unpaired) electrons. The highest BCUT2D eigenvalue weighted by atomic mass is 32.2. The van der Waals surface area contributed by atoms with E-state index >= 15 is 0 Å². The van der Waals surface area contributed by atoms with Crippen LogP contribution in [0.2, 0.25) is 0 Å². The van der Waals surface area contributed by atoms with Gasteiger partial charge in [-0.25, -0.2) is 4.79 Å². The Bertz CT molecular complexity index is 377. The van der Waals surface area contributed by atoms with E-state index in [1.165, 1.54) is 11.2 Å². The van der Waals surface area contributed by atoms with Crippen LogP contribution < -0.4 is 0 Å². The fourth-order valence-electron chi connectivity index (χ4n) is 2.00. The summed E-state index contributed by atoms with van der Waals surface area (Å²) < 4.78 is 15.7. The van der Waals surface area contributed by atoms with Crippen molar-refractivity contribution in [3.63, 3.8) is 0 Å². The van der Waals surface area contributed by atoms with Gasteiger partial charge >= 0.3 is 12.1 Å². The average molecular weight is 291 g/mol. The van der Waals surface area contributed by atoms with Crippen molar-refractivity contribution < 1.29 is 23.6 Å². The molecule has 19 heavy (non-hydrogen) atoms. The van der Waals surface area contributed by atoms with Crippen molar-refractivity contribution in [2.24, 2.45) is 0 Å². The van der Waals surface area contributed by atoms with Crippen molar-refractivity contribution in [3.8, 4) is 0 Å². The molecule has 1 rings (SSSR count). The Kier molecular flexibility index (Phi) is 4.60. The van der Waals surface area contributed by atoms with Gasteiger partial charge in [-0.15, -0.1) is 0 Å². The van der Waals surface area contributed by atoms with Gasteiger partial charge in [-0.1, -0.05) is 0 Å². The first-order valence-electron chi connectivity index (χ1n) is 6.13. The predicted molar refractivity (Wildman–Crippen MR) is 71.5 cm³/mol. The van der Waals surface area contributed by atoms with Gasteiger partial charge in [0.25, 0.3) is 0 Å². The number of carboxylic acids is 1. The van der Waals surface area contributed by atoms with Crippen LogP contribution in [0.4, 0.5) is 4.79 Å². The maximum atomic E-state index is 11.8. The number of carboxylic acid groups (broad SMARTS) is 1. The zero-order valence-electron chi connectivity index (χ0n) is 11.8. The molecule has 6 nitrogen and oxygen atoms in total. The van der Waals surface area contributed by atoms with Crippen molar-refractivity contribution >= 4 is 22.9 Å². The smallest absolute Gasteiger partial charge is 0.410 e. The van der Waals surface area contributed by atoms with Gasteiger partial charge in [-0.3, -0.25) is 9.00 Å². The Hall–Kier alpha value is -1.11. The van der Waals surface area contributed by atoms with E-state index in [2.05, 4.69) is 0 Å². The lowest BCUT2D eigenvalue weighted by Crippen LogP contribution is -2.53. The summed E-state index contributed by atoms with van der Waals surface area (Å²) in [7, 11) is -1.47. The molecular weight excluding hydrogens is 270 g/mol. The summed E-state index contributed by atoms with van der Waals surface area (Å²) in [6.07, 6.45) is 1.32. The van der Waals surface area contributed by atoms with Crippen LogP contribution in [-0.4, -0.2) is 56.0 Å². The van der Waals surface area contributed by atoms with Crippen LogP contribution >= 0.6 is 0 Å². The number of hydrogen-bond donors (Lipinski definition) is 1. The first kappa shape index (κ1) is 15.9. The number of aliphatic carboxylic acids is 1. The number of rotatable bonds is 2. The van der Waals surface area contributed by atoms with Crippen LogP contribution in [0, 0.1) is 0 Å². The SMILES string of the molecule is C[S@](=O)C1(C(=O)O)CCN(C(=O)OC(C)(C)C)CC1. The summed E-state index contributed by atoms with van der Waals surface area (Å²) in [5, 5.41) is 9.24. The Balaban J connectivity index is 2.69. The molecule has 1 aliphatic rings. The van der Waals surface area contributed by atoms with E-state index in [4.69, 9.17) is 4.74 Å². The van der Waals surface area contributed by atoms with E-state index in [0.29, 0.717) is 0 Å². The molecule has 0 spiro atoms. The molecule has 1 saturated heterocycles. The van der Waals surface area contributed by atoms with Crippen molar-refractivity contribution in [1.82, 2.24) is 4.90 Å². The van der Waals surface area contributed by atoms with Crippen LogP contribution in [0.1, 0.15) is 33.6 Å². The highest BCUT2D eigenvalue weighted by Gasteiger charge is 2.46. The number of carbonyl (C=O) groups excluding carboxylic acids is 1. The summed E-state index contributed by atoms with van der Waals surface area (Å²) in [5.74, 6) is -1.06. The standard InChI is InChI=1S/C12H21NO5S/c1-11(2,3)18-10(16)13-7-5-12(6-8-13,9(14)15)19(4)17/h5-8H2,1-4H3,(H,14,15)/t19-/m0/s1. The fourth-order valence-corrected chi connectivity index (χ4v) is 3.00. The summed E-state index contributed by atoms with van der Waals surface area (Å²) in [4.78, 5) is 24.6. The largest absolute Gasteiger partial charge is 0.480 e. The van der Waals surface area contributed by atoms with Gasteiger partial charge in [0.1, 0.15) is 10.3 Å². The van der Waals surface area contributed by atoms with Gasteiger partial charge in [0.15, 0.2) is 0 Å². The molecule has 1 amide bonds. The number of hydrogen-bond acceptors (Lipinski definition) is 4. The molecule has 7 heteroatoms. The lowest BCUT2D eigenvalue weighted by molar-refractivity contribution is -0.141. The number of nitrogens with zero attached hydrogens (tertiary/aromatic N) is 1. The molecule has 110 valence electrons. The number of amides is 1. The van der Waals surface area contributed by atoms with E-state index in [-0.39, 0.29) is 25.9 Å². The highest BCUT2D eigenvalue weighted by Crippen LogP contribution is 2.29. The van der Waals surface area contributed by atoms with Crippen molar-refractivity contribution in [1.29, 1.82) is 0 Å². The minimum Gasteiger partial charge on any atom is -0.480 e. The Morgan fingerprint density at radius 1 is 1.26 bits per heavy atom. The molecule has 1 atom stereocenters. The second kappa shape index (κ2) is 5.48. The van der Waals surface area contributed by atoms with Crippen LogP contribution in [-0.2, 0) is 20.3 Å².